The van der Waals surface area contributed by atoms with Gasteiger partial charge >= 0.3 is 6.09 Å². The third-order valence-electron chi connectivity index (χ3n) is 6.32. The summed E-state index contributed by atoms with van der Waals surface area (Å²) in [6.07, 6.45) is 0.575. The topological polar surface area (TPSA) is 87.7 Å². The van der Waals surface area contributed by atoms with Gasteiger partial charge in [-0.3, -0.25) is 9.59 Å². The molecular formula is C30H33N3O4. The SMILES string of the molecule is CC(C)(CC(=O)NC1CCc2ccccc2N(Cc2ccccc2)C1=O)NC(=O)OCc1ccccc1. The Labute approximate surface area is 217 Å². The highest BCUT2D eigenvalue weighted by atomic mass is 16.5. The predicted molar refractivity (Wildman–Crippen MR) is 143 cm³/mol. The Bertz CT molecular complexity index is 1230. The number of rotatable bonds is 8. The molecule has 7 heteroatoms. The van der Waals surface area contributed by atoms with Crippen molar-refractivity contribution in [2.75, 3.05) is 4.90 Å². The molecule has 3 amide bonds. The van der Waals surface area contributed by atoms with Crippen LogP contribution in [0.4, 0.5) is 10.5 Å². The summed E-state index contributed by atoms with van der Waals surface area (Å²) < 4.78 is 5.29. The molecule has 4 rings (SSSR count). The second kappa shape index (κ2) is 11.7. The number of carbonyl (C=O) groups excluding carboxylic acids is 3. The zero-order valence-corrected chi connectivity index (χ0v) is 21.3. The van der Waals surface area contributed by atoms with Crippen molar-refractivity contribution in [2.45, 2.75) is 57.8 Å². The number of aryl methyl sites for hydroxylation is 1. The number of nitrogens with one attached hydrogen (secondary N) is 2. The van der Waals surface area contributed by atoms with Crippen molar-refractivity contribution in [3.05, 3.63) is 102 Å². The van der Waals surface area contributed by atoms with E-state index in [1.165, 1.54) is 0 Å². The fourth-order valence-corrected chi connectivity index (χ4v) is 4.51. The Morgan fingerprint density at radius 2 is 1.54 bits per heavy atom. The molecule has 0 saturated heterocycles. The van der Waals surface area contributed by atoms with Crippen LogP contribution in [0.5, 0.6) is 0 Å². The smallest absolute Gasteiger partial charge is 0.407 e. The molecule has 3 aromatic carbocycles. The number of para-hydroxylation sites is 1. The Morgan fingerprint density at radius 1 is 0.919 bits per heavy atom. The van der Waals surface area contributed by atoms with Crippen LogP contribution in [0.15, 0.2) is 84.9 Å². The summed E-state index contributed by atoms with van der Waals surface area (Å²) in [6.45, 7) is 4.07. The molecule has 0 spiro atoms. The Morgan fingerprint density at radius 3 is 2.24 bits per heavy atom. The van der Waals surface area contributed by atoms with Crippen LogP contribution in [0.25, 0.3) is 0 Å². The summed E-state index contributed by atoms with van der Waals surface area (Å²) in [5.41, 5.74) is 2.97. The van der Waals surface area contributed by atoms with Crippen LogP contribution in [0.1, 0.15) is 43.4 Å². The van der Waals surface area contributed by atoms with Crippen LogP contribution < -0.4 is 15.5 Å². The average Bonchev–Trinajstić information content (AvgIpc) is 3.00. The van der Waals surface area contributed by atoms with E-state index >= 15 is 0 Å². The van der Waals surface area contributed by atoms with Gasteiger partial charge in [-0.2, -0.15) is 0 Å². The molecule has 7 nitrogen and oxygen atoms in total. The second-order valence-corrected chi connectivity index (χ2v) is 9.94. The van der Waals surface area contributed by atoms with Gasteiger partial charge in [0.05, 0.1) is 6.54 Å². The molecule has 2 N–H and O–H groups in total. The first-order valence-electron chi connectivity index (χ1n) is 12.5. The summed E-state index contributed by atoms with van der Waals surface area (Å²) in [6, 6.07) is 26.4. The maximum atomic E-state index is 13.6. The van der Waals surface area contributed by atoms with E-state index in [0.29, 0.717) is 19.4 Å². The molecule has 0 bridgehead atoms. The van der Waals surface area contributed by atoms with Gasteiger partial charge < -0.3 is 20.3 Å². The van der Waals surface area contributed by atoms with E-state index in [1.54, 1.807) is 18.7 Å². The van der Waals surface area contributed by atoms with E-state index in [4.69, 9.17) is 4.74 Å². The standard InChI is InChI=1S/C30H33N3O4/c1-30(2,32-29(36)37-21-23-13-7-4-8-14-23)19-27(34)31-25-18-17-24-15-9-10-16-26(24)33(28(25)35)20-22-11-5-3-6-12-22/h3-16,25H,17-21H2,1-2H3,(H,31,34)(H,32,36). The summed E-state index contributed by atoms with van der Waals surface area (Å²) >= 11 is 0. The summed E-state index contributed by atoms with van der Waals surface area (Å²) in [5, 5.41) is 5.68. The highest BCUT2D eigenvalue weighted by Crippen LogP contribution is 2.28. The van der Waals surface area contributed by atoms with Crippen molar-refractivity contribution in [1.29, 1.82) is 0 Å². The molecule has 1 unspecified atom stereocenters. The van der Waals surface area contributed by atoms with Crippen LogP contribution in [-0.2, 0) is 33.9 Å². The van der Waals surface area contributed by atoms with Crippen LogP contribution in [-0.4, -0.2) is 29.5 Å². The number of nitrogens with zero attached hydrogens (tertiary/aromatic N) is 1. The van der Waals surface area contributed by atoms with Gasteiger partial charge in [0.2, 0.25) is 11.8 Å². The fraction of sp³-hybridized carbons (Fsp3) is 0.300. The van der Waals surface area contributed by atoms with Crippen molar-refractivity contribution in [3.63, 3.8) is 0 Å². The monoisotopic (exact) mass is 499 g/mol. The molecule has 1 atom stereocenters. The molecule has 0 aromatic heterocycles. The van der Waals surface area contributed by atoms with Crippen molar-refractivity contribution in [3.8, 4) is 0 Å². The number of amides is 3. The van der Waals surface area contributed by atoms with Gasteiger partial charge in [0, 0.05) is 17.6 Å². The van der Waals surface area contributed by atoms with E-state index in [9.17, 15) is 14.4 Å². The molecule has 1 heterocycles. The third-order valence-corrected chi connectivity index (χ3v) is 6.32. The van der Waals surface area contributed by atoms with Crippen molar-refractivity contribution >= 4 is 23.6 Å². The van der Waals surface area contributed by atoms with E-state index < -0.39 is 17.7 Å². The van der Waals surface area contributed by atoms with Gasteiger partial charge in [0.1, 0.15) is 12.6 Å². The minimum atomic E-state index is -0.863. The minimum absolute atomic E-state index is 0.00283. The van der Waals surface area contributed by atoms with Crippen LogP contribution in [0.2, 0.25) is 0 Å². The number of benzene rings is 3. The maximum absolute atomic E-state index is 13.6. The average molecular weight is 500 g/mol. The Balaban J connectivity index is 1.38. The number of hydrogen-bond donors (Lipinski definition) is 2. The summed E-state index contributed by atoms with van der Waals surface area (Å²) in [4.78, 5) is 40.7. The number of ether oxygens (including phenoxy) is 1. The highest BCUT2D eigenvalue weighted by Gasteiger charge is 2.33. The molecule has 0 fully saturated rings. The first kappa shape index (κ1) is 25.9. The van der Waals surface area contributed by atoms with Crippen molar-refractivity contribution in [2.24, 2.45) is 0 Å². The van der Waals surface area contributed by atoms with Crippen LogP contribution in [0, 0.1) is 0 Å². The lowest BCUT2D eigenvalue weighted by molar-refractivity contribution is -0.128. The van der Waals surface area contributed by atoms with Gasteiger partial charge in [-0.05, 0) is 49.4 Å². The number of anilines is 1. The number of hydrogen-bond acceptors (Lipinski definition) is 4. The third kappa shape index (κ3) is 7.19. The molecule has 37 heavy (non-hydrogen) atoms. The normalized spacial score (nSPS) is 15.4. The summed E-state index contributed by atoms with van der Waals surface area (Å²) in [5.74, 6) is -0.451. The minimum Gasteiger partial charge on any atom is -0.445 e. The predicted octanol–water partition coefficient (Wildman–Crippen LogP) is 4.75. The molecule has 1 aliphatic rings. The highest BCUT2D eigenvalue weighted by molar-refractivity contribution is 6.00. The maximum Gasteiger partial charge on any atom is 0.407 e. The fourth-order valence-electron chi connectivity index (χ4n) is 4.51. The molecule has 3 aromatic rings. The Hall–Kier alpha value is -4.13. The molecule has 1 aliphatic heterocycles. The zero-order valence-electron chi connectivity index (χ0n) is 21.3. The zero-order chi connectivity index (χ0) is 26.3. The molecular weight excluding hydrogens is 466 g/mol. The van der Waals surface area contributed by atoms with Crippen molar-refractivity contribution in [1.82, 2.24) is 10.6 Å². The lowest BCUT2D eigenvalue weighted by atomic mass is 9.99. The molecule has 0 radical (unpaired) electrons. The Kier molecular flexibility index (Phi) is 8.23. The number of fused-ring (bicyclic) bond motifs is 1. The van der Waals surface area contributed by atoms with E-state index in [1.807, 2.05) is 84.9 Å². The van der Waals surface area contributed by atoms with Gasteiger partial charge in [-0.1, -0.05) is 78.9 Å². The first-order chi connectivity index (χ1) is 17.8. The first-order valence-corrected chi connectivity index (χ1v) is 12.5. The lowest BCUT2D eigenvalue weighted by Crippen LogP contribution is -2.51. The van der Waals surface area contributed by atoms with Gasteiger partial charge in [0.15, 0.2) is 0 Å². The second-order valence-electron chi connectivity index (χ2n) is 9.94. The van der Waals surface area contributed by atoms with E-state index in [0.717, 1.165) is 22.4 Å². The number of alkyl carbamates (subject to hydrolysis) is 1. The summed E-state index contributed by atoms with van der Waals surface area (Å²) in [7, 11) is 0. The lowest BCUT2D eigenvalue weighted by Gasteiger charge is -2.28. The van der Waals surface area contributed by atoms with Gasteiger partial charge in [-0.25, -0.2) is 4.79 Å². The van der Waals surface area contributed by atoms with Gasteiger partial charge in [0.25, 0.3) is 0 Å². The molecule has 0 aliphatic carbocycles. The van der Waals surface area contributed by atoms with Crippen LogP contribution >= 0.6 is 0 Å². The van der Waals surface area contributed by atoms with Crippen molar-refractivity contribution < 1.29 is 19.1 Å². The van der Waals surface area contributed by atoms with E-state index in [2.05, 4.69) is 10.6 Å². The van der Waals surface area contributed by atoms with E-state index in [-0.39, 0.29) is 24.8 Å². The van der Waals surface area contributed by atoms with Gasteiger partial charge in [-0.15, -0.1) is 0 Å². The molecule has 0 saturated carbocycles. The largest absolute Gasteiger partial charge is 0.445 e. The molecule has 192 valence electrons. The quantitative estimate of drug-likeness (QED) is 0.468. The number of carbonyl (C=O) groups is 3. The van der Waals surface area contributed by atoms with Crippen LogP contribution in [0.3, 0.4) is 0 Å².